The summed E-state index contributed by atoms with van der Waals surface area (Å²) in [6, 6.07) is 13.2. The van der Waals surface area contributed by atoms with E-state index >= 15 is 0 Å². The summed E-state index contributed by atoms with van der Waals surface area (Å²) in [7, 11) is 0. The van der Waals surface area contributed by atoms with Crippen molar-refractivity contribution in [3.63, 3.8) is 0 Å². The number of ketones is 1. The molecule has 0 unspecified atom stereocenters. The lowest BCUT2D eigenvalue weighted by molar-refractivity contribution is 0.0472. The number of carbonyl (C=O) groups is 2. The zero-order chi connectivity index (χ0) is 16.4. The van der Waals surface area contributed by atoms with E-state index in [1.807, 2.05) is 30.3 Å². The van der Waals surface area contributed by atoms with Gasteiger partial charge in [-0.15, -0.1) is 0 Å². The molecule has 5 nitrogen and oxygen atoms in total. The summed E-state index contributed by atoms with van der Waals surface area (Å²) in [4.78, 5) is 24.2. The molecule has 0 amide bonds. The van der Waals surface area contributed by atoms with Gasteiger partial charge in [-0.3, -0.25) is 4.79 Å². The number of Topliss-reactive ketones (excluding diaryl/α,β-unsaturated/α-hetero) is 1. The summed E-state index contributed by atoms with van der Waals surface area (Å²) in [5.41, 5.74) is 1.23. The maximum Gasteiger partial charge on any atom is 0.344 e. The number of benzene rings is 2. The normalized spacial score (nSPS) is 10.7. The molecule has 0 aliphatic carbocycles. The van der Waals surface area contributed by atoms with E-state index in [2.05, 4.69) is 5.16 Å². The number of rotatable bonds is 4. The van der Waals surface area contributed by atoms with Crippen LogP contribution in [-0.2, 0) is 4.74 Å². The lowest BCUT2D eigenvalue weighted by atomic mass is 10.0. The van der Waals surface area contributed by atoms with Crippen LogP contribution < -0.4 is 0 Å². The maximum atomic E-state index is 12.2. The molecular weight excluding hydrogens is 294 g/mol. The second kappa shape index (κ2) is 6.04. The molecular formula is C18H15NO4. The largest absolute Gasteiger partial charge is 0.454 e. The van der Waals surface area contributed by atoms with Gasteiger partial charge in [-0.25, -0.2) is 4.79 Å². The van der Waals surface area contributed by atoms with E-state index in [1.54, 1.807) is 26.0 Å². The molecule has 0 fully saturated rings. The Morgan fingerprint density at radius 2 is 1.83 bits per heavy atom. The molecule has 0 aliphatic heterocycles. The highest BCUT2D eigenvalue weighted by Gasteiger charge is 2.20. The van der Waals surface area contributed by atoms with E-state index in [-0.39, 0.29) is 18.0 Å². The van der Waals surface area contributed by atoms with E-state index in [0.717, 1.165) is 10.8 Å². The van der Waals surface area contributed by atoms with E-state index in [9.17, 15) is 9.59 Å². The monoisotopic (exact) mass is 309 g/mol. The lowest BCUT2D eigenvalue weighted by Crippen LogP contribution is -2.15. The summed E-state index contributed by atoms with van der Waals surface area (Å²) < 4.78 is 10.0. The average Bonchev–Trinajstić information content (AvgIpc) is 2.90. The Kier molecular flexibility index (Phi) is 3.93. The first-order valence-electron chi connectivity index (χ1n) is 7.18. The molecule has 0 saturated heterocycles. The number of aryl methyl sites for hydroxylation is 2. The molecule has 2 aromatic carbocycles. The van der Waals surface area contributed by atoms with Gasteiger partial charge in [-0.2, -0.15) is 0 Å². The van der Waals surface area contributed by atoms with E-state index in [1.165, 1.54) is 0 Å². The highest BCUT2D eigenvalue weighted by atomic mass is 16.5. The zero-order valence-corrected chi connectivity index (χ0v) is 12.8. The quantitative estimate of drug-likeness (QED) is 0.545. The van der Waals surface area contributed by atoms with Gasteiger partial charge in [0.05, 0.1) is 5.69 Å². The number of fused-ring (bicyclic) bond motifs is 1. The Morgan fingerprint density at radius 3 is 2.52 bits per heavy atom. The average molecular weight is 309 g/mol. The van der Waals surface area contributed by atoms with Gasteiger partial charge in [-0.1, -0.05) is 41.6 Å². The van der Waals surface area contributed by atoms with Crippen LogP contribution in [0, 0.1) is 13.8 Å². The van der Waals surface area contributed by atoms with Crippen LogP contribution >= 0.6 is 0 Å². The van der Waals surface area contributed by atoms with Crippen molar-refractivity contribution in [3.8, 4) is 0 Å². The molecule has 0 spiro atoms. The van der Waals surface area contributed by atoms with Crippen molar-refractivity contribution < 1.29 is 18.8 Å². The molecule has 0 aliphatic rings. The molecule has 3 aromatic rings. The fourth-order valence-electron chi connectivity index (χ4n) is 2.42. The molecule has 116 valence electrons. The summed E-state index contributed by atoms with van der Waals surface area (Å²) in [5, 5.41) is 5.72. The number of esters is 1. The fourth-order valence-corrected chi connectivity index (χ4v) is 2.42. The molecule has 1 aromatic heterocycles. The van der Waals surface area contributed by atoms with Gasteiger partial charge < -0.3 is 9.26 Å². The van der Waals surface area contributed by atoms with Gasteiger partial charge in [0.2, 0.25) is 0 Å². The van der Waals surface area contributed by atoms with E-state index in [4.69, 9.17) is 9.26 Å². The van der Waals surface area contributed by atoms with Crippen LogP contribution in [0.25, 0.3) is 10.8 Å². The smallest absolute Gasteiger partial charge is 0.344 e. The molecule has 0 atom stereocenters. The molecule has 0 radical (unpaired) electrons. The van der Waals surface area contributed by atoms with Gasteiger partial charge in [0.1, 0.15) is 11.3 Å². The Hall–Kier alpha value is -2.95. The summed E-state index contributed by atoms with van der Waals surface area (Å²) in [5.74, 6) is -0.475. The van der Waals surface area contributed by atoms with Crippen LogP contribution in [0.3, 0.4) is 0 Å². The second-order valence-electron chi connectivity index (χ2n) is 5.26. The van der Waals surface area contributed by atoms with Gasteiger partial charge in [0.15, 0.2) is 12.4 Å². The van der Waals surface area contributed by atoms with Crippen LogP contribution in [0.1, 0.15) is 32.2 Å². The van der Waals surface area contributed by atoms with Gasteiger partial charge in [0, 0.05) is 5.56 Å². The lowest BCUT2D eigenvalue weighted by Gasteiger charge is -2.05. The van der Waals surface area contributed by atoms with Crippen molar-refractivity contribution in [2.24, 2.45) is 0 Å². The van der Waals surface area contributed by atoms with E-state index < -0.39 is 5.97 Å². The van der Waals surface area contributed by atoms with Crippen LogP contribution in [0.4, 0.5) is 0 Å². The van der Waals surface area contributed by atoms with Gasteiger partial charge in [0.25, 0.3) is 0 Å². The van der Waals surface area contributed by atoms with Crippen molar-refractivity contribution in [3.05, 3.63) is 65.0 Å². The summed E-state index contributed by atoms with van der Waals surface area (Å²) in [6.07, 6.45) is 0. The van der Waals surface area contributed by atoms with Gasteiger partial charge >= 0.3 is 5.97 Å². The standard InChI is InChI=1S/C18H15NO4/c1-11-17(12(2)23-19-11)18(21)22-10-16(20)15-8-7-13-5-3-4-6-14(13)9-15/h3-9H,10H2,1-2H3. The van der Waals surface area contributed by atoms with Crippen molar-refractivity contribution in [1.82, 2.24) is 5.16 Å². The fraction of sp³-hybridized carbons (Fsp3) is 0.167. The minimum atomic E-state index is -0.601. The Balaban J connectivity index is 1.72. The predicted molar refractivity (Wildman–Crippen MR) is 84.5 cm³/mol. The number of nitrogens with zero attached hydrogens (tertiary/aromatic N) is 1. The Morgan fingerprint density at radius 1 is 1.09 bits per heavy atom. The number of hydrogen-bond donors (Lipinski definition) is 0. The Labute approximate surface area is 132 Å². The van der Waals surface area contributed by atoms with Crippen molar-refractivity contribution in [1.29, 1.82) is 0 Å². The van der Waals surface area contributed by atoms with Crippen molar-refractivity contribution in [2.45, 2.75) is 13.8 Å². The number of hydrogen-bond acceptors (Lipinski definition) is 5. The first-order chi connectivity index (χ1) is 11.1. The highest BCUT2D eigenvalue weighted by molar-refractivity contribution is 6.02. The van der Waals surface area contributed by atoms with Crippen LogP contribution in [-0.4, -0.2) is 23.5 Å². The first kappa shape index (κ1) is 15.0. The third kappa shape index (κ3) is 2.99. The third-order valence-electron chi connectivity index (χ3n) is 3.64. The summed E-state index contributed by atoms with van der Waals surface area (Å²) >= 11 is 0. The summed E-state index contributed by atoms with van der Waals surface area (Å²) in [6.45, 7) is 2.96. The highest BCUT2D eigenvalue weighted by Crippen LogP contribution is 2.17. The zero-order valence-electron chi connectivity index (χ0n) is 12.8. The van der Waals surface area contributed by atoms with E-state index in [0.29, 0.717) is 17.0 Å². The SMILES string of the molecule is Cc1noc(C)c1C(=O)OCC(=O)c1ccc2ccccc2c1. The van der Waals surface area contributed by atoms with Gasteiger partial charge in [-0.05, 0) is 30.7 Å². The minimum Gasteiger partial charge on any atom is -0.454 e. The van der Waals surface area contributed by atoms with Crippen molar-refractivity contribution >= 4 is 22.5 Å². The van der Waals surface area contributed by atoms with Crippen LogP contribution in [0.15, 0.2) is 47.0 Å². The predicted octanol–water partition coefficient (Wildman–Crippen LogP) is 3.48. The topological polar surface area (TPSA) is 69.4 Å². The second-order valence-corrected chi connectivity index (χ2v) is 5.26. The third-order valence-corrected chi connectivity index (χ3v) is 3.64. The van der Waals surface area contributed by atoms with Crippen LogP contribution in [0.5, 0.6) is 0 Å². The number of ether oxygens (including phenoxy) is 1. The first-order valence-corrected chi connectivity index (χ1v) is 7.18. The minimum absolute atomic E-state index is 0.254. The molecule has 0 saturated carbocycles. The Bertz CT molecular complexity index is 875. The number of aromatic nitrogens is 1. The van der Waals surface area contributed by atoms with Crippen molar-refractivity contribution in [2.75, 3.05) is 6.61 Å². The number of carbonyl (C=O) groups excluding carboxylic acids is 2. The van der Waals surface area contributed by atoms with Crippen LogP contribution in [0.2, 0.25) is 0 Å². The molecule has 3 rings (SSSR count). The molecule has 23 heavy (non-hydrogen) atoms. The molecule has 0 N–H and O–H groups in total. The molecule has 1 heterocycles. The molecule has 0 bridgehead atoms. The maximum absolute atomic E-state index is 12.2. The molecule has 5 heteroatoms.